The van der Waals surface area contributed by atoms with E-state index >= 15 is 0 Å². The highest BCUT2D eigenvalue weighted by Gasteiger charge is 2.24. The molecule has 1 aliphatic heterocycles. The van der Waals surface area contributed by atoms with Crippen molar-refractivity contribution in [2.45, 2.75) is 13.0 Å². The number of hydrogen-bond acceptors (Lipinski definition) is 5. The number of ether oxygens (including phenoxy) is 1. The van der Waals surface area contributed by atoms with E-state index in [0.29, 0.717) is 18.8 Å². The van der Waals surface area contributed by atoms with E-state index in [1.165, 1.54) is 6.07 Å². The van der Waals surface area contributed by atoms with Gasteiger partial charge in [-0.15, -0.1) is 0 Å². The number of nitrogens with one attached hydrogen (secondary N) is 2. The van der Waals surface area contributed by atoms with Crippen LogP contribution in [0.25, 0.3) is 0 Å². The zero-order valence-electron chi connectivity index (χ0n) is 18.2. The van der Waals surface area contributed by atoms with Gasteiger partial charge in [-0.25, -0.2) is 4.39 Å². The number of nitrogens with zero attached hydrogens (tertiary/aromatic N) is 2. The number of anilines is 2. The highest BCUT2D eigenvalue weighted by atomic mass is 19.1. The largest absolute Gasteiger partial charge is 0.379 e. The highest BCUT2D eigenvalue weighted by molar-refractivity contribution is 6.39. The van der Waals surface area contributed by atoms with Gasteiger partial charge in [-0.2, -0.15) is 0 Å². The van der Waals surface area contributed by atoms with Crippen molar-refractivity contribution >= 4 is 23.2 Å². The van der Waals surface area contributed by atoms with Crippen molar-refractivity contribution in [2.24, 2.45) is 0 Å². The van der Waals surface area contributed by atoms with Crippen molar-refractivity contribution in [3.63, 3.8) is 0 Å². The van der Waals surface area contributed by atoms with E-state index in [2.05, 4.69) is 15.5 Å². The van der Waals surface area contributed by atoms with Crippen LogP contribution in [0.2, 0.25) is 0 Å². The topological polar surface area (TPSA) is 73.9 Å². The number of carbonyl (C=O) groups is 2. The molecule has 0 radical (unpaired) electrons. The molecule has 2 aromatic rings. The van der Waals surface area contributed by atoms with Crippen LogP contribution in [0, 0.1) is 12.7 Å². The van der Waals surface area contributed by atoms with Gasteiger partial charge in [0.25, 0.3) is 0 Å². The normalized spacial score (nSPS) is 15.2. The van der Waals surface area contributed by atoms with Gasteiger partial charge in [0.2, 0.25) is 0 Å². The summed E-state index contributed by atoms with van der Waals surface area (Å²) in [5.41, 5.74) is 2.84. The zero-order chi connectivity index (χ0) is 22.4. The second kappa shape index (κ2) is 10.4. The standard InChI is InChI=1S/C23H29FN4O3/c1-16-4-7-18(14-20(16)24)26-23(30)22(29)25-15-21(28-10-12-31-13-11-28)17-5-8-19(9-6-17)27(2)3/h4-9,14,21H,10-13,15H2,1-3H3,(H,25,29)(H,26,30)/t21-/m1/s1. The molecule has 1 fully saturated rings. The number of carbonyl (C=O) groups excluding carboxylic acids is 2. The van der Waals surface area contributed by atoms with Gasteiger partial charge in [-0.05, 0) is 42.3 Å². The Morgan fingerprint density at radius 2 is 1.77 bits per heavy atom. The molecular weight excluding hydrogens is 399 g/mol. The van der Waals surface area contributed by atoms with E-state index in [-0.39, 0.29) is 18.3 Å². The van der Waals surface area contributed by atoms with E-state index in [4.69, 9.17) is 4.74 Å². The molecule has 7 nitrogen and oxygen atoms in total. The first-order valence-electron chi connectivity index (χ1n) is 10.3. The number of benzene rings is 2. The maximum atomic E-state index is 13.7. The van der Waals surface area contributed by atoms with Gasteiger partial charge in [0.15, 0.2) is 0 Å². The fraction of sp³-hybridized carbons (Fsp3) is 0.391. The number of hydrogen-bond donors (Lipinski definition) is 2. The Bertz CT molecular complexity index is 912. The highest BCUT2D eigenvalue weighted by Crippen LogP contribution is 2.24. The summed E-state index contributed by atoms with van der Waals surface area (Å²) in [5, 5.41) is 5.17. The van der Waals surface area contributed by atoms with Gasteiger partial charge in [0, 0.05) is 45.1 Å². The third-order valence-corrected chi connectivity index (χ3v) is 5.37. The molecule has 2 amide bonds. The van der Waals surface area contributed by atoms with Gasteiger partial charge in [-0.1, -0.05) is 18.2 Å². The van der Waals surface area contributed by atoms with Crippen LogP contribution in [0.1, 0.15) is 17.2 Å². The lowest BCUT2D eigenvalue weighted by molar-refractivity contribution is -0.136. The van der Waals surface area contributed by atoms with E-state index in [1.54, 1.807) is 19.1 Å². The lowest BCUT2D eigenvalue weighted by Gasteiger charge is -2.35. The summed E-state index contributed by atoms with van der Waals surface area (Å²) in [6.45, 7) is 4.63. The molecule has 0 aliphatic carbocycles. The van der Waals surface area contributed by atoms with Crippen molar-refractivity contribution in [1.29, 1.82) is 0 Å². The quantitative estimate of drug-likeness (QED) is 0.691. The Hall–Kier alpha value is -2.97. The number of aryl methyl sites for hydroxylation is 1. The third-order valence-electron chi connectivity index (χ3n) is 5.37. The van der Waals surface area contributed by atoms with Crippen molar-refractivity contribution in [3.05, 3.63) is 59.4 Å². The predicted octanol–water partition coefficient (Wildman–Crippen LogP) is 2.33. The minimum absolute atomic E-state index is 0.0892. The van der Waals surface area contributed by atoms with Crippen molar-refractivity contribution in [3.8, 4) is 0 Å². The predicted molar refractivity (Wildman–Crippen MR) is 119 cm³/mol. The second-order valence-electron chi connectivity index (χ2n) is 7.78. The zero-order valence-corrected chi connectivity index (χ0v) is 18.2. The van der Waals surface area contributed by atoms with E-state index in [0.717, 1.165) is 24.3 Å². The molecule has 31 heavy (non-hydrogen) atoms. The number of rotatable bonds is 6. The number of halogens is 1. The van der Waals surface area contributed by atoms with Gasteiger partial charge in [-0.3, -0.25) is 14.5 Å². The van der Waals surface area contributed by atoms with Crippen LogP contribution >= 0.6 is 0 Å². The fourth-order valence-electron chi connectivity index (χ4n) is 3.47. The first-order valence-corrected chi connectivity index (χ1v) is 10.3. The second-order valence-corrected chi connectivity index (χ2v) is 7.78. The van der Waals surface area contributed by atoms with Crippen LogP contribution < -0.4 is 15.5 Å². The maximum Gasteiger partial charge on any atom is 0.313 e. The molecule has 0 bridgehead atoms. The summed E-state index contributed by atoms with van der Waals surface area (Å²) in [7, 11) is 3.96. The van der Waals surface area contributed by atoms with Crippen LogP contribution in [0.4, 0.5) is 15.8 Å². The van der Waals surface area contributed by atoms with Crippen molar-refractivity contribution in [2.75, 3.05) is 57.2 Å². The van der Waals surface area contributed by atoms with E-state index < -0.39 is 17.6 Å². The molecule has 166 valence electrons. The SMILES string of the molecule is Cc1ccc(NC(=O)C(=O)NC[C@H](c2ccc(N(C)C)cc2)N2CCOCC2)cc1F. The smallest absolute Gasteiger partial charge is 0.313 e. The van der Waals surface area contributed by atoms with Crippen molar-refractivity contribution in [1.82, 2.24) is 10.2 Å². The Kier molecular flexibility index (Phi) is 7.59. The molecule has 1 aliphatic rings. The summed E-state index contributed by atoms with van der Waals surface area (Å²) in [4.78, 5) is 28.9. The van der Waals surface area contributed by atoms with Gasteiger partial charge >= 0.3 is 11.8 Å². The molecule has 3 rings (SSSR count). The van der Waals surface area contributed by atoms with Crippen LogP contribution in [0.3, 0.4) is 0 Å². The average Bonchev–Trinajstić information content (AvgIpc) is 2.77. The maximum absolute atomic E-state index is 13.7. The van der Waals surface area contributed by atoms with E-state index in [1.807, 2.05) is 43.3 Å². The monoisotopic (exact) mass is 428 g/mol. The molecule has 0 unspecified atom stereocenters. The van der Waals surface area contributed by atoms with E-state index in [9.17, 15) is 14.0 Å². The summed E-state index contributed by atoms with van der Waals surface area (Å²) in [6, 6.07) is 12.4. The Morgan fingerprint density at radius 3 is 2.39 bits per heavy atom. The summed E-state index contributed by atoms with van der Waals surface area (Å²) in [6.07, 6.45) is 0. The first kappa shape index (κ1) is 22.7. The lowest BCUT2D eigenvalue weighted by atomic mass is 10.0. The lowest BCUT2D eigenvalue weighted by Crippen LogP contribution is -2.45. The molecule has 1 heterocycles. The molecule has 0 aromatic heterocycles. The Labute approximate surface area is 182 Å². The molecule has 0 saturated carbocycles. The minimum atomic E-state index is -0.827. The summed E-state index contributed by atoms with van der Waals surface area (Å²) in [5.74, 6) is -2.03. The van der Waals surface area contributed by atoms with Crippen LogP contribution in [-0.4, -0.2) is 63.7 Å². The molecule has 2 aromatic carbocycles. The van der Waals surface area contributed by atoms with Gasteiger partial charge in [0.1, 0.15) is 5.82 Å². The number of morpholine rings is 1. The molecule has 1 atom stereocenters. The van der Waals surface area contributed by atoms with Crippen LogP contribution in [0.5, 0.6) is 0 Å². The summed E-state index contributed by atoms with van der Waals surface area (Å²) >= 11 is 0. The average molecular weight is 429 g/mol. The number of amides is 2. The van der Waals surface area contributed by atoms with Crippen LogP contribution in [-0.2, 0) is 14.3 Å². The Balaban J connectivity index is 1.66. The first-order chi connectivity index (χ1) is 14.8. The van der Waals surface area contributed by atoms with Crippen molar-refractivity contribution < 1.29 is 18.7 Å². The fourth-order valence-corrected chi connectivity index (χ4v) is 3.47. The molecule has 8 heteroatoms. The van der Waals surface area contributed by atoms with Gasteiger partial charge in [0.05, 0.1) is 19.3 Å². The molecular formula is C23H29FN4O3. The molecule has 0 spiro atoms. The minimum Gasteiger partial charge on any atom is -0.379 e. The molecule has 1 saturated heterocycles. The summed E-state index contributed by atoms with van der Waals surface area (Å²) < 4.78 is 19.1. The third kappa shape index (κ3) is 6.02. The van der Waals surface area contributed by atoms with Crippen LogP contribution in [0.15, 0.2) is 42.5 Å². The van der Waals surface area contributed by atoms with Gasteiger partial charge < -0.3 is 20.3 Å². The molecule has 2 N–H and O–H groups in total. The Morgan fingerprint density at radius 1 is 1.10 bits per heavy atom.